The molecule has 2 aromatic heterocycles. The van der Waals surface area contributed by atoms with E-state index in [1.54, 1.807) is 0 Å². The third-order valence-corrected chi connectivity index (χ3v) is 5.18. The van der Waals surface area contributed by atoms with E-state index >= 15 is 0 Å². The highest BCUT2D eigenvalue weighted by atomic mass is 79.9. The summed E-state index contributed by atoms with van der Waals surface area (Å²) in [6.07, 6.45) is 1.03. The third-order valence-electron chi connectivity index (χ3n) is 4.69. The maximum Gasteiger partial charge on any atom is 0.305 e. The number of esters is 1. The Bertz CT molecular complexity index is 985. The number of imidazole rings is 1. The van der Waals surface area contributed by atoms with Crippen LogP contribution in [0.2, 0.25) is 0 Å². The number of ether oxygens (including phenoxy) is 1. The number of methoxy groups -OCH3 is 1. The lowest BCUT2D eigenvalue weighted by atomic mass is 10.2. The number of fused-ring (bicyclic) bond motifs is 3. The number of hydrogen-bond acceptors (Lipinski definition) is 6. The molecule has 2 heterocycles. The number of nitrogens with zero attached hydrogens (tertiary/aromatic N) is 4. The van der Waals surface area contributed by atoms with Gasteiger partial charge in [0.15, 0.2) is 5.82 Å². The average Bonchev–Trinajstić information content (AvgIpc) is 3.00. The van der Waals surface area contributed by atoms with E-state index in [0.717, 1.165) is 33.3 Å². The van der Waals surface area contributed by atoms with Crippen LogP contribution in [0.4, 0.5) is 5.82 Å². The highest BCUT2D eigenvalue weighted by molar-refractivity contribution is 9.10. The largest absolute Gasteiger partial charge is 0.469 e. The molecule has 27 heavy (non-hydrogen) atoms. The summed E-state index contributed by atoms with van der Waals surface area (Å²) in [5.41, 5.74) is 8.72. The van der Waals surface area contributed by atoms with Crippen molar-refractivity contribution in [2.75, 3.05) is 26.4 Å². The first-order chi connectivity index (χ1) is 12.9. The molecule has 0 unspecified atom stereocenters. The molecule has 2 N–H and O–H groups in total. The summed E-state index contributed by atoms with van der Waals surface area (Å²) in [6, 6.07) is 5.97. The first-order valence-electron chi connectivity index (χ1n) is 8.93. The summed E-state index contributed by atoms with van der Waals surface area (Å²) in [5.74, 6) is 1.13. The van der Waals surface area contributed by atoms with Crippen molar-refractivity contribution in [1.82, 2.24) is 19.4 Å². The van der Waals surface area contributed by atoms with Crippen molar-refractivity contribution >= 4 is 49.7 Å². The van der Waals surface area contributed by atoms with E-state index in [2.05, 4.69) is 44.4 Å². The standard InChI is InChI=1S/C19H24BrN5O2/c1-4-24(2)11-15-23-17-18(25(15)9-5-6-16(26)27-3)13-8-7-12(20)10-14(13)22-19(17)21/h7-8,10H,4-6,9,11H2,1-3H3,(H2,21,22). The molecule has 0 amide bonds. The van der Waals surface area contributed by atoms with Crippen molar-refractivity contribution in [1.29, 1.82) is 0 Å². The van der Waals surface area contributed by atoms with Gasteiger partial charge in [-0.05, 0) is 38.2 Å². The van der Waals surface area contributed by atoms with Crippen LogP contribution in [-0.4, -0.2) is 46.1 Å². The molecule has 0 atom stereocenters. The van der Waals surface area contributed by atoms with Crippen LogP contribution >= 0.6 is 15.9 Å². The van der Waals surface area contributed by atoms with Gasteiger partial charge >= 0.3 is 5.97 Å². The highest BCUT2D eigenvalue weighted by Crippen LogP contribution is 2.31. The summed E-state index contributed by atoms with van der Waals surface area (Å²) >= 11 is 3.49. The molecule has 0 saturated heterocycles. The molecule has 0 radical (unpaired) electrons. The molecule has 7 nitrogen and oxygen atoms in total. The fourth-order valence-corrected chi connectivity index (χ4v) is 3.48. The van der Waals surface area contributed by atoms with Crippen LogP contribution in [0.15, 0.2) is 22.7 Å². The van der Waals surface area contributed by atoms with Crippen LogP contribution < -0.4 is 5.73 Å². The van der Waals surface area contributed by atoms with E-state index in [4.69, 9.17) is 15.5 Å². The molecule has 0 fully saturated rings. The van der Waals surface area contributed by atoms with E-state index in [9.17, 15) is 4.79 Å². The van der Waals surface area contributed by atoms with Gasteiger partial charge in [0.25, 0.3) is 0 Å². The Labute approximate surface area is 166 Å². The Hall–Kier alpha value is -2.19. The van der Waals surface area contributed by atoms with Gasteiger partial charge in [-0.25, -0.2) is 9.97 Å². The zero-order valence-corrected chi connectivity index (χ0v) is 17.4. The predicted molar refractivity (Wildman–Crippen MR) is 110 cm³/mol. The number of aryl methyl sites for hydroxylation is 1. The van der Waals surface area contributed by atoms with Gasteiger partial charge in [-0.3, -0.25) is 9.69 Å². The topological polar surface area (TPSA) is 86.3 Å². The van der Waals surface area contributed by atoms with Crippen molar-refractivity contribution < 1.29 is 9.53 Å². The lowest BCUT2D eigenvalue weighted by Crippen LogP contribution is -2.20. The minimum absolute atomic E-state index is 0.207. The number of pyridine rings is 1. The number of rotatable bonds is 7. The lowest BCUT2D eigenvalue weighted by Gasteiger charge is -2.15. The van der Waals surface area contributed by atoms with Gasteiger partial charge in [0.05, 0.1) is 24.7 Å². The normalized spacial score (nSPS) is 11.6. The van der Waals surface area contributed by atoms with Crippen LogP contribution in [0, 0.1) is 0 Å². The van der Waals surface area contributed by atoms with Gasteiger partial charge in [-0.15, -0.1) is 0 Å². The van der Waals surface area contributed by atoms with Crippen LogP contribution in [0.3, 0.4) is 0 Å². The van der Waals surface area contributed by atoms with Crippen LogP contribution in [-0.2, 0) is 22.6 Å². The summed E-state index contributed by atoms with van der Waals surface area (Å²) in [7, 11) is 3.46. The molecule has 1 aromatic carbocycles. The average molecular weight is 434 g/mol. The van der Waals surface area contributed by atoms with E-state index in [1.807, 2.05) is 18.2 Å². The van der Waals surface area contributed by atoms with Gasteiger partial charge in [-0.2, -0.15) is 0 Å². The fourth-order valence-electron chi connectivity index (χ4n) is 3.13. The first-order valence-corrected chi connectivity index (χ1v) is 9.73. The summed E-state index contributed by atoms with van der Waals surface area (Å²) < 4.78 is 7.88. The SMILES string of the molecule is CCN(C)Cc1nc2c(N)nc3cc(Br)ccc3c2n1CCCC(=O)OC. The molecule has 0 saturated carbocycles. The van der Waals surface area contributed by atoms with Crippen LogP contribution in [0.25, 0.3) is 21.9 Å². The van der Waals surface area contributed by atoms with Crippen molar-refractivity contribution in [3.05, 3.63) is 28.5 Å². The molecular weight excluding hydrogens is 410 g/mol. The molecule has 144 valence electrons. The van der Waals surface area contributed by atoms with Gasteiger partial charge in [0.1, 0.15) is 11.3 Å². The first kappa shape index (κ1) is 19.6. The quantitative estimate of drug-likeness (QED) is 0.574. The Morgan fingerprint density at radius 3 is 2.85 bits per heavy atom. The minimum Gasteiger partial charge on any atom is -0.469 e. The number of carbonyl (C=O) groups excluding carboxylic acids is 1. The van der Waals surface area contributed by atoms with Crippen molar-refractivity contribution in [3.63, 3.8) is 0 Å². The van der Waals surface area contributed by atoms with E-state index in [-0.39, 0.29) is 5.97 Å². The Kier molecular flexibility index (Phi) is 5.96. The molecule has 0 spiro atoms. The van der Waals surface area contributed by atoms with Crippen molar-refractivity contribution in [2.24, 2.45) is 0 Å². The highest BCUT2D eigenvalue weighted by Gasteiger charge is 2.18. The second-order valence-electron chi connectivity index (χ2n) is 6.55. The van der Waals surface area contributed by atoms with Gasteiger partial charge in [0.2, 0.25) is 0 Å². The Morgan fingerprint density at radius 2 is 2.15 bits per heavy atom. The maximum atomic E-state index is 11.5. The van der Waals surface area contributed by atoms with Gasteiger partial charge in [-0.1, -0.05) is 22.9 Å². The molecule has 0 bridgehead atoms. The molecule has 0 aliphatic heterocycles. The third kappa shape index (κ3) is 4.06. The van der Waals surface area contributed by atoms with Crippen molar-refractivity contribution in [2.45, 2.75) is 32.9 Å². The summed E-state index contributed by atoms with van der Waals surface area (Å²) in [5, 5.41) is 0.998. The number of benzene rings is 1. The molecule has 3 rings (SSSR count). The number of nitrogens with two attached hydrogens (primary N) is 1. The molecule has 0 aliphatic carbocycles. The fraction of sp³-hybridized carbons (Fsp3) is 0.421. The number of aromatic nitrogens is 3. The lowest BCUT2D eigenvalue weighted by molar-refractivity contribution is -0.140. The van der Waals surface area contributed by atoms with E-state index in [1.165, 1.54) is 7.11 Å². The molecular formula is C19H24BrN5O2. The van der Waals surface area contributed by atoms with E-state index < -0.39 is 0 Å². The molecule has 3 aromatic rings. The summed E-state index contributed by atoms with van der Waals surface area (Å²) in [4.78, 5) is 23.0. The van der Waals surface area contributed by atoms with E-state index in [0.29, 0.717) is 37.3 Å². The summed E-state index contributed by atoms with van der Waals surface area (Å²) in [6.45, 7) is 4.37. The second-order valence-corrected chi connectivity index (χ2v) is 7.46. The van der Waals surface area contributed by atoms with Crippen molar-refractivity contribution in [3.8, 4) is 0 Å². The Morgan fingerprint density at radius 1 is 1.37 bits per heavy atom. The van der Waals surface area contributed by atoms with Gasteiger partial charge < -0.3 is 15.0 Å². The van der Waals surface area contributed by atoms with Gasteiger partial charge in [0, 0.05) is 22.8 Å². The number of carbonyl (C=O) groups is 1. The van der Waals surface area contributed by atoms with Crippen LogP contribution in [0.1, 0.15) is 25.6 Å². The minimum atomic E-state index is -0.207. The zero-order chi connectivity index (χ0) is 19.6. The number of anilines is 1. The maximum absolute atomic E-state index is 11.5. The predicted octanol–water partition coefficient (Wildman–Crippen LogP) is 3.33. The number of nitrogen functional groups attached to an aromatic ring is 1. The molecule has 0 aliphatic rings. The van der Waals surface area contributed by atoms with Crippen LogP contribution in [0.5, 0.6) is 0 Å². The number of halogens is 1. The smallest absolute Gasteiger partial charge is 0.305 e. The monoisotopic (exact) mass is 433 g/mol. The number of hydrogen-bond donors (Lipinski definition) is 1. The zero-order valence-electron chi connectivity index (χ0n) is 15.8. The second kappa shape index (κ2) is 8.22. The molecule has 8 heteroatoms. The Balaban J connectivity index is 2.14.